The third kappa shape index (κ3) is 4.63. The summed E-state index contributed by atoms with van der Waals surface area (Å²) in [4.78, 5) is 0.315. The molecule has 0 atom stereocenters. The molecule has 0 heterocycles. The third-order valence-electron chi connectivity index (χ3n) is 4.09. The van der Waals surface area contributed by atoms with Gasteiger partial charge in [-0.15, -0.1) is 0 Å². The number of sulfonamides is 1. The lowest BCUT2D eigenvalue weighted by atomic mass is 10.1. The van der Waals surface area contributed by atoms with Crippen molar-refractivity contribution in [3.8, 4) is 0 Å². The minimum Gasteiger partial charge on any atom is -0.210 e. The van der Waals surface area contributed by atoms with E-state index in [1.807, 2.05) is 42.5 Å². The van der Waals surface area contributed by atoms with Gasteiger partial charge in [0.1, 0.15) is 0 Å². The van der Waals surface area contributed by atoms with Crippen molar-refractivity contribution in [2.75, 3.05) is 12.3 Å². The van der Waals surface area contributed by atoms with Gasteiger partial charge in [0.05, 0.1) is 4.90 Å². The lowest BCUT2D eigenvalue weighted by molar-refractivity contribution is 0.584. The van der Waals surface area contributed by atoms with Crippen molar-refractivity contribution in [2.45, 2.75) is 17.6 Å². The summed E-state index contributed by atoms with van der Waals surface area (Å²) in [5.41, 5.74) is 2.57. The quantitative estimate of drug-likeness (QED) is 0.628. The van der Waals surface area contributed by atoms with E-state index in [1.165, 1.54) is 11.1 Å². The molecule has 0 amide bonds. The molecule has 3 aromatic rings. The van der Waals surface area contributed by atoms with Gasteiger partial charge in [0.25, 0.3) is 0 Å². The minimum atomic E-state index is -3.47. The second kappa shape index (κ2) is 8.04. The summed E-state index contributed by atoms with van der Waals surface area (Å²) in [6, 6.07) is 21.2. The maximum absolute atomic E-state index is 12.4. The van der Waals surface area contributed by atoms with E-state index in [9.17, 15) is 8.42 Å². The summed E-state index contributed by atoms with van der Waals surface area (Å²) >= 11 is 1.73. The number of nitrogens with one attached hydrogen (secondary N) is 1. The zero-order chi connectivity index (χ0) is 17.7. The molecule has 0 aromatic heterocycles. The normalized spacial score (nSPS) is 11.7. The van der Waals surface area contributed by atoms with Gasteiger partial charge in [-0.1, -0.05) is 54.6 Å². The number of thioether (sulfide) groups is 1. The fourth-order valence-corrected chi connectivity index (χ4v) is 4.75. The molecule has 0 fully saturated rings. The maximum atomic E-state index is 12.4. The lowest BCUT2D eigenvalue weighted by Gasteiger charge is -2.08. The van der Waals surface area contributed by atoms with Crippen LogP contribution in [0.2, 0.25) is 0 Å². The number of fused-ring (bicyclic) bond motifs is 1. The highest BCUT2D eigenvalue weighted by atomic mass is 32.2. The van der Waals surface area contributed by atoms with Crippen LogP contribution >= 0.6 is 11.8 Å². The Balaban J connectivity index is 1.55. The fraction of sp³-hybridized carbons (Fsp3) is 0.200. The molecule has 3 rings (SSSR count). The van der Waals surface area contributed by atoms with Gasteiger partial charge in [0.2, 0.25) is 10.0 Å². The standard InChI is InChI=1S/C20H21NO2S2/c1-16-6-2-3-9-19(16)15-24-13-12-21-25(22,23)20-11-10-17-7-4-5-8-18(17)14-20/h2-11,14,21H,12-13,15H2,1H3. The van der Waals surface area contributed by atoms with Crippen LogP contribution in [0.3, 0.4) is 0 Å². The Kier molecular flexibility index (Phi) is 5.78. The zero-order valence-electron chi connectivity index (χ0n) is 14.1. The average molecular weight is 372 g/mol. The van der Waals surface area contributed by atoms with Crippen LogP contribution in [-0.2, 0) is 15.8 Å². The largest absolute Gasteiger partial charge is 0.240 e. The summed E-state index contributed by atoms with van der Waals surface area (Å²) in [7, 11) is -3.47. The van der Waals surface area contributed by atoms with Gasteiger partial charge in [-0.3, -0.25) is 0 Å². The molecule has 130 valence electrons. The summed E-state index contributed by atoms with van der Waals surface area (Å²) in [5, 5.41) is 1.97. The van der Waals surface area contributed by atoms with Gasteiger partial charge in [-0.25, -0.2) is 13.1 Å². The highest BCUT2D eigenvalue weighted by molar-refractivity contribution is 7.98. The molecule has 25 heavy (non-hydrogen) atoms. The Morgan fingerprint density at radius 1 is 0.920 bits per heavy atom. The van der Waals surface area contributed by atoms with Gasteiger partial charge in [0, 0.05) is 18.1 Å². The molecule has 0 unspecified atom stereocenters. The van der Waals surface area contributed by atoms with Crippen LogP contribution in [0.4, 0.5) is 0 Å². The molecule has 0 aliphatic heterocycles. The van der Waals surface area contributed by atoms with Crippen molar-refractivity contribution >= 4 is 32.6 Å². The molecule has 0 saturated heterocycles. The lowest BCUT2D eigenvalue weighted by Crippen LogP contribution is -2.26. The summed E-state index contributed by atoms with van der Waals surface area (Å²) in [6.07, 6.45) is 0. The first-order valence-corrected chi connectivity index (χ1v) is 10.8. The smallest absolute Gasteiger partial charge is 0.210 e. The summed E-state index contributed by atoms with van der Waals surface area (Å²) in [6.45, 7) is 2.52. The van der Waals surface area contributed by atoms with E-state index in [-0.39, 0.29) is 0 Å². The molecular weight excluding hydrogens is 350 g/mol. The zero-order valence-corrected chi connectivity index (χ0v) is 15.7. The Morgan fingerprint density at radius 2 is 1.64 bits per heavy atom. The maximum Gasteiger partial charge on any atom is 0.240 e. The fourth-order valence-electron chi connectivity index (χ4n) is 2.62. The predicted molar refractivity (Wildman–Crippen MR) is 106 cm³/mol. The van der Waals surface area contributed by atoms with Crippen LogP contribution in [0.15, 0.2) is 71.6 Å². The second-order valence-electron chi connectivity index (χ2n) is 5.89. The topological polar surface area (TPSA) is 46.2 Å². The van der Waals surface area contributed by atoms with Crippen molar-refractivity contribution in [2.24, 2.45) is 0 Å². The van der Waals surface area contributed by atoms with Crippen molar-refractivity contribution in [3.05, 3.63) is 77.9 Å². The first-order chi connectivity index (χ1) is 12.1. The Labute approximate surface area is 153 Å². The van der Waals surface area contributed by atoms with E-state index >= 15 is 0 Å². The van der Waals surface area contributed by atoms with Gasteiger partial charge in [0.15, 0.2) is 0 Å². The van der Waals surface area contributed by atoms with E-state index < -0.39 is 10.0 Å². The summed E-state index contributed by atoms with van der Waals surface area (Å²) < 4.78 is 27.6. The molecule has 0 radical (unpaired) electrons. The van der Waals surface area contributed by atoms with Crippen molar-refractivity contribution in [3.63, 3.8) is 0 Å². The van der Waals surface area contributed by atoms with E-state index in [0.29, 0.717) is 11.4 Å². The third-order valence-corrected chi connectivity index (χ3v) is 6.56. The van der Waals surface area contributed by atoms with Gasteiger partial charge in [-0.05, 0) is 41.0 Å². The Morgan fingerprint density at radius 3 is 2.44 bits per heavy atom. The predicted octanol–water partition coefficient (Wildman–Crippen LogP) is 4.36. The number of aryl methyl sites for hydroxylation is 1. The van der Waals surface area contributed by atoms with Crippen molar-refractivity contribution < 1.29 is 8.42 Å². The van der Waals surface area contributed by atoms with Gasteiger partial charge < -0.3 is 0 Å². The number of hydrogen-bond acceptors (Lipinski definition) is 3. The van der Waals surface area contributed by atoms with Crippen LogP contribution in [0, 0.1) is 6.92 Å². The Hall–Kier alpha value is -1.82. The molecule has 0 aliphatic rings. The van der Waals surface area contributed by atoms with Crippen LogP contribution in [0.1, 0.15) is 11.1 Å². The molecule has 0 spiro atoms. The molecular formula is C20H21NO2S2. The average Bonchev–Trinajstić information content (AvgIpc) is 2.62. The van der Waals surface area contributed by atoms with E-state index in [4.69, 9.17) is 0 Å². The van der Waals surface area contributed by atoms with Crippen molar-refractivity contribution in [1.29, 1.82) is 0 Å². The monoisotopic (exact) mass is 371 g/mol. The minimum absolute atomic E-state index is 0.315. The number of rotatable bonds is 7. The Bertz CT molecular complexity index is 968. The molecule has 0 saturated carbocycles. The summed E-state index contributed by atoms with van der Waals surface area (Å²) in [5.74, 6) is 1.63. The van der Waals surface area contributed by atoms with E-state index in [1.54, 1.807) is 23.9 Å². The molecule has 1 N–H and O–H groups in total. The first kappa shape index (κ1) is 18.0. The van der Waals surface area contributed by atoms with Gasteiger partial charge >= 0.3 is 0 Å². The van der Waals surface area contributed by atoms with Crippen LogP contribution < -0.4 is 4.72 Å². The molecule has 3 aromatic carbocycles. The molecule has 0 bridgehead atoms. The van der Waals surface area contributed by atoms with Crippen molar-refractivity contribution in [1.82, 2.24) is 4.72 Å². The van der Waals surface area contributed by atoms with Crippen LogP contribution in [0.25, 0.3) is 10.8 Å². The van der Waals surface area contributed by atoms with E-state index in [0.717, 1.165) is 22.3 Å². The SMILES string of the molecule is Cc1ccccc1CSCCNS(=O)(=O)c1ccc2ccccc2c1. The van der Waals surface area contributed by atoms with Gasteiger partial charge in [-0.2, -0.15) is 11.8 Å². The van der Waals surface area contributed by atoms with E-state index in [2.05, 4.69) is 23.8 Å². The highest BCUT2D eigenvalue weighted by Crippen LogP contribution is 2.19. The first-order valence-electron chi connectivity index (χ1n) is 8.17. The molecule has 0 aliphatic carbocycles. The van der Waals surface area contributed by atoms with Crippen LogP contribution in [-0.4, -0.2) is 20.7 Å². The van der Waals surface area contributed by atoms with Crippen LogP contribution in [0.5, 0.6) is 0 Å². The second-order valence-corrected chi connectivity index (χ2v) is 8.76. The number of hydrogen-bond donors (Lipinski definition) is 1. The molecule has 3 nitrogen and oxygen atoms in total. The number of benzene rings is 3. The molecule has 5 heteroatoms. The highest BCUT2D eigenvalue weighted by Gasteiger charge is 2.13.